The number of nitrogens with two attached hydrogens (primary N) is 1. The average molecular weight is 227 g/mol. The van der Waals surface area contributed by atoms with Gasteiger partial charge in [-0.1, -0.05) is 49.8 Å². The molecule has 0 aliphatic heterocycles. The van der Waals surface area contributed by atoms with Crippen LogP contribution in [0.5, 0.6) is 0 Å². The molecule has 0 bridgehead atoms. The molecule has 0 saturated carbocycles. The Kier molecular flexibility index (Phi) is 2.86. The minimum absolute atomic E-state index is 0.200. The quantitative estimate of drug-likeness (QED) is 0.769. The molecule has 0 aromatic heterocycles. The molecule has 0 unspecified atom stereocenters. The van der Waals surface area contributed by atoms with Crippen molar-refractivity contribution in [3.8, 4) is 0 Å². The van der Waals surface area contributed by atoms with Gasteiger partial charge in [0, 0.05) is 11.3 Å². The maximum absolute atomic E-state index is 6.24. The highest BCUT2D eigenvalue weighted by atomic mass is 14.6. The lowest BCUT2D eigenvalue weighted by Crippen LogP contribution is -2.18. The smallest absolute Gasteiger partial charge is 0.0380 e. The molecule has 2 rings (SSSR count). The third kappa shape index (κ3) is 2.44. The van der Waals surface area contributed by atoms with E-state index >= 15 is 0 Å². The Labute approximate surface area is 104 Å². The van der Waals surface area contributed by atoms with Crippen LogP contribution in [0.1, 0.15) is 38.3 Å². The van der Waals surface area contributed by atoms with Crippen molar-refractivity contribution >= 4 is 5.57 Å². The number of benzene rings is 1. The zero-order valence-corrected chi connectivity index (χ0v) is 11.2. The molecule has 1 aromatic carbocycles. The second-order valence-electron chi connectivity index (χ2n) is 5.79. The predicted molar refractivity (Wildman–Crippen MR) is 74.4 cm³/mol. The summed E-state index contributed by atoms with van der Waals surface area (Å²) in [6.07, 6.45) is 3.36. The Morgan fingerprint density at radius 2 is 1.88 bits per heavy atom. The van der Waals surface area contributed by atoms with Gasteiger partial charge in [-0.2, -0.15) is 0 Å². The van der Waals surface area contributed by atoms with Crippen LogP contribution in [0, 0.1) is 12.3 Å². The molecule has 1 aromatic rings. The highest BCUT2D eigenvalue weighted by molar-refractivity contribution is 5.80. The van der Waals surface area contributed by atoms with Crippen molar-refractivity contribution in [2.75, 3.05) is 0 Å². The van der Waals surface area contributed by atoms with E-state index in [0.717, 1.165) is 12.1 Å². The maximum atomic E-state index is 6.24. The fraction of sp³-hybridized carbons (Fsp3) is 0.375. The summed E-state index contributed by atoms with van der Waals surface area (Å²) in [7, 11) is 0. The third-order valence-corrected chi connectivity index (χ3v) is 3.33. The van der Waals surface area contributed by atoms with Gasteiger partial charge in [-0.05, 0) is 36.8 Å². The Morgan fingerprint density at radius 3 is 2.53 bits per heavy atom. The van der Waals surface area contributed by atoms with E-state index in [1.54, 1.807) is 0 Å². The third-order valence-electron chi connectivity index (χ3n) is 3.33. The normalized spacial score (nSPS) is 19.2. The summed E-state index contributed by atoms with van der Waals surface area (Å²) in [5, 5.41) is 0. The lowest BCUT2D eigenvalue weighted by Gasteiger charge is -2.29. The minimum Gasteiger partial charge on any atom is -0.398 e. The first-order valence-electron chi connectivity index (χ1n) is 6.14. The highest BCUT2D eigenvalue weighted by Crippen LogP contribution is 2.39. The first-order valence-corrected chi connectivity index (χ1v) is 6.14. The van der Waals surface area contributed by atoms with Gasteiger partial charge in [0.05, 0.1) is 0 Å². The second kappa shape index (κ2) is 4.06. The summed E-state index contributed by atoms with van der Waals surface area (Å²) in [6, 6.07) is 8.55. The Hall–Kier alpha value is -1.50. The Bertz CT molecular complexity index is 504. The van der Waals surface area contributed by atoms with Gasteiger partial charge < -0.3 is 5.73 Å². The summed E-state index contributed by atoms with van der Waals surface area (Å²) in [5.41, 5.74) is 12.4. The van der Waals surface area contributed by atoms with Crippen molar-refractivity contribution in [1.82, 2.24) is 0 Å². The number of hydrogen-bond acceptors (Lipinski definition) is 1. The van der Waals surface area contributed by atoms with Gasteiger partial charge in [-0.25, -0.2) is 0 Å². The van der Waals surface area contributed by atoms with E-state index in [0.29, 0.717) is 0 Å². The van der Waals surface area contributed by atoms with E-state index in [2.05, 4.69) is 58.0 Å². The molecular weight excluding hydrogens is 206 g/mol. The van der Waals surface area contributed by atoms with Crippen LogP contribution in [0.4, 0.5) is 0 Å². The summed E-state index contributed by atoms with van der Waals surface area (Å²) < 4.78 is 0. The van der Waals surface area contributed by atoms with E-state index in [-0.39, 0.29) is 5.41 Å². The van der Waals surface area contributed by atoms with E-state index in [4.69, 9.17) is 5.73 Å². The van der Waals surface area contributed by atoms with Crippen molar-refractivity contribution in [2.24, 2.45) is 11.1 Å². The molecule has 1 heteroatoms. The lowest BCUT2D eigenvalue weighted by atomic mass is 9.77. The van der Waals surface area contributed by atoms with E-state index in [1.165, 1.54) is 22.3 Å². The van der Waals surface area contributed by atoms with Gasteiger partial charge in [0.25, 0.3) is 0 Å². The molecule has 0 heterocycles. The minimum atomic E-state index is 0.200. The zero-order chi connectivity index (χ0) is 12.6. The van der Waals surface area contributed by atoms with Crippen molar-refractivity contribution in [2.45, 2.75) is 34.1 Å². The molecule has 0 fully saturated rings. The summed E-state index contributed by atoms with van der Waals surface area (Å²) in [4.78, 5) is 0. The largest absolute Gasteiger partial charge is 0.398 e. The Morgan fingerprint density at radius 1 is 1.18 bits per heavy atom. The average Bonchev–Trinajstić information content (AvgIpc) is 2.23. The van der Waals surface area contributed by atoms with E-state index in [1.807, 2.05) is 0 Å². The monoisotopic (exact) mass is 227 g/mol. The van der Waals surface area contributed by atoms with Crippen LogP contribution < -0.4 is 5.73 Å². The van der Waals surface area contributed by atoms with Crippen LogP contribution in [-0.4, -0.2) is 0 Å². The first-order chi connectivity index (χ1) is 7.89. The Balaban J connectivity index is 2.53. The molecule has 0 amide bonds. The van der Waals surface area contributed by atoms with Crippen LogP contribution in [-0.2, 0) is 0 Å². The number of aryl methyl sites for hydroxylation is 1. The second-order valence-corrected chi connectivity index (χ2v) is 5.79. The molecular formula is C16H21N. The molecule has 1 nitrogen and oxygen atoms in total. The molecule has 17 heavy (non-hydrogen) atoms. The molecule has 0 radical (unpaired) electrons. The van der Waals surface area contributed by atoms with Gasteiger partial charge in [-0.15, -0.1) is 0 Å². The van der Waals surface area contributed by atoms with Gasteiger partial charge in [0.2, 0.25) is 0 Å². The summed E-state index contributed by atoms with van der Waals surface area (Å²) in [5.74, 6) is 0. The van der Waals surface area contributed by atoms with E-state index < -0.39 is 0 Å². The molecule has 0 spiro atoms. The SMILES string of the molecule is CC1=C(N)C(c2cccc(C)c2)=CC(C)(C)C1. The van der Waals surface area contributed by atoms with Crippen LogP contribution >= 0.6 is 0 Å². The fourth-order valence-electron chi connectivity index (χ4n) is 2.58. The number of rotatable bonds is 1. The molecule has 0 atom stereocenters. The molecule has 0 saturated heterocycles. The van der Waals surface area contributed by atoms with Crippen molar-refractivity contribution < 1.29 is 0 Å². The molecule has 1 aliphatic rings. The molecule has 1 aliphatic carbocycles. The highest BCUT2D eigenvalue weighted by Gasteiger charge is 2.24. The van der Waals surface area contributed by atoms with Gasteiger partial charge in [-0.3, -0.25) is 0 Å². The topological polar surface area (TPSA) is 26.0 Å². The molecule has 2 N–H and O–H groups in total. The van der Waals surface area contributed by atoms with Gasteiger partial charge in [0.1, 0.15) is 0 Å². The van der Waals surface area contributed by atoms with Crippen LogP contribution in [0.15, 0.2) is 41.6 Å². The standard InChI is InChI=1S/C16H21N/c1-11-6-5-7-13(8-11)14-10-16(3,4)9-12(2)15(14)17/h5-8,10H,9,17H2,1-4H3. The number of hydrogen-bond donors (Lipinski definition) is 1. The predicted octanol–water partition coefficient (Wildman–Crippen LogP) is 4.04. The maximum Gasteiger partial charge on any atom is 0.0380 e. The zero-order valence-electron chi connectivity index (χ0n) is 11.2. The van der Waals surface area contributed by atoms with Crippen molar-refractivity contribution in [1.29, 1.82) is 0 Å². The number of allylic oxidation sites excluding steroid dienone is 3. The van der Waals surface area contributed by atoms with Crippen molar-refractivity contribution in [3.05, 3.63) is 52.7 Å². The van der Waals surface area contributed by atoms with Crippen molar-refractivity contribution in [3.63, 3.8) is 0 Å². The van der Waals surface area contributed by atoms with Gasteiger partial charge in [0.15, 0.2) is 0 Å². The summed E-state index contributed by atoms with van der Waals surface area (Å²) >= 11 is 0. The van der Waals surface area contributed by atoms with E-state index in [9.17, 15) is 0 Å². The van der Waals surface area contributed by atoms with Gasteiger partial charge >= 0.3 is 0 Å². The fourth-order valence-corrected chi connectivity index (χ4v) is 2.58. The molecule has 90 valence electrons. The van der Waals surface area contributed by atoms with Crippen LogP contribution in [0.3, 0.4) is 0 Å². The van der Waals surface area contributed by atoms with Crippen LogP contribution in [0.25, 0.3) is 5.57 Å². The lowest BCUT2D eigenvalue weighted by molar-refractivity contribution is 0.469. The van der Waals surface area contributed by atoms with Crippen LogP contribution in [0.2, 0.25) is 0 Å². The first kappa shape index (κ1) is 12.0. The summed E-state index contributed by atoms with van der Waals surface area (Å²) in [6.45, 7) is 8.78.